The van der Waals surface area contributed by atoms with E-state index in [0.717, 1.165) is 45.4 Å². The fraction of sp³-hybridized carbons (Fsp3) is 0.875. The molecule has 2 fully saturated rings. The first-order chi connectivity index (χ1) is 10.5. The Morgan fingerprint density at radius 3 is 2.32 bits per heavy atom. The molecule has 0 spiro atoms. The van der Waals surface area contributed by atoms with Gasteiger partial charge in [-0.15, -0.1) is 0 Å². The molecule has 2 rings (SSSR count). The van der Waals surface area contributed by atoms with Crippen molar-refractivity contribution in [1.29, 1.82) is 0 Å². The van der Waals surface area contributed by atoms with E-state index in [9.17, 15) is 9.59 Å². The molecule has 0 aromatic heterocycles. The molecule has 0 bridgehead atoms. The maximum atomic E-state index is 12.3. The molecule has 2 aliphatic heterocycles. The van der Waals surface area contributed by atoms with Gasteiger partial charge in [-0.3, -0.25) is 14.5 Å². The predicted octanol–water partition coefficient (Wildman–Crippen LogP) is 0.140. The van der Waals surface area contributed by atoms with Gasteiger partial charge in [0.1, 0.15) is 0 Å². The molecular weight excluding hydrogens is 280 g/mol. The van der Waals surface area contributed by atoms with Gasteiger partial charge in [-0.25, -0.2) is 0 Å². The van der Waals surface area contributed by atoms with Gasteiger partial charge >= 0.3 is 11.8 Å². The number of hydrogen-bond acceptors (Lipinski definition) is 4. The second-order valence-electron chi connectivity index (χ2n) is 6.47. The van der Waals surface area contributed by atoms with Crippen LogP contribution in [0.15, 0.2) is 0 Å². The first kappa shape index (κ1) is 17.2. The summed E-state index contributed by atoms with van der Waals surface area (Å²) >= 11 is 0. The molecule has 0 aromatic rings. The van der Waals surface area contributed by atoms with Crippen molar-refractivity contribution < 1.29 is 9.59 Å². The van der Waals surface area contributed by atoms with Crippen molar-refractivity contribution in [3.05, 3.63) is 0 Å². The minimum Gasteiger partial charge on any atom is -0.345 e. The van der Waals surface area contributed by atoms with Gasteiger partial charge in [0.2, 0.25) is 0 Å². The summed E-state index contributed by atoms with van der Waals surface area (Å²) < 4.78 is 0. The molecule has 6 nitrogen and oxygen atoms in total. The summed E-state index contributed by atoms with van der Waals surface area (Å²) in [6.07, 6.45) is 2.82. The number of likely N-dealkylation sites (N-methyl/N-ethyl adjacent to an activating group) is 1. The van der Waals surface area contributed by atoms with Gasteiger partial charge in [0.05, 0.1) is 0 Å². The highest BCUT2D eigenvalue weighted by Gasteiger charge is 2.33. The Bertz CT molecular complexity index is 390. The summed E-state index contributed by atoms with van der Waals surface area (Å²) in [5.41, 5.74) is 0. The highest BCUT2D eigenvalue weighted by atomic mass is 16.2. The number of piperidine rings is 1. The smallest absolute Gasteiger partial charge is 0.311 e. The van der Waals surface area contributed by atoms with E-state index in [1.165, 1.54) is 0 Å². The third-order valence-electron chi connectivity index (χ3n) is 5.03. The molecule has 0 saturated carbocycles. The van der Waals surface area contributed by atoms with Gasteiger partial charge < -0.3 is 15.1 Å². The van der Waals surface area contributed by atoms with E-state index in [4.69, 9.17) is 0 Å². The second kappa shape index (κ2) is 7.92. The van der Waals surface area contributed by atoms with Crippen LogP contribution < -0.4 is 5.32 Å². The lowest BCUT2D eigenvalue weighted by molar-refractivity contribution is -0.145. The monoisotopic (exact) mass is 310 g/mol. The van der Waals surface area contributed by atoms with Crippen molar-refractivity contribution in [1.82, 2.24) is 20.0 Å². The number of hydrogen-bond donors (Lipinski definition) is 1. The average Bonchev–Trinajstić information content (AvgIpc) is 3.00. The molecule has 1 unspecified atom stereocenters. The molecule has 0 aromatic carbocycles. The molecule has 0 aliphatic carbocycles. The molecule has 0 radical (unpaired) electrons. The molecule has 2 amide bonds. The number of likely N-dealkylation sites (tertiary alicyclic amines) is 2. The SMILES string of the molecule is CCN(CC)C1CCN(C(=O)C(=O)NC2CCN(C)CC2)C1. The first-order valence-electron chi connectivity index (χ1n) is 8.57. The van der Waals surface area contributed by atoms with Gasteiger partial charge in [0.15, 0.2) is 0 Å². The Morgan fingerprint density at radius 2 is 1.73 bits per heavy atom. The van der Waals surface area contributed by atoms with Crippen molar-refractivity contribution in [2.45, 2.75) is 45.2 Å². The molecule has 2 aliphatic rings. The van der Waals surface area contributed by atoms with Gasteiger partial charge in [0.25, 0.3) is 0 Å². The lowest BCUT2D eigenvalue weighted by Crippen LogP contribution is -2.49. The maximum absolute atomic E-state index is 12.3. The fourth-order valence-electron chi connectivity index (χ4n) is 3.51. The minimum atomic E-state index is -0.422. The predicted molar refractivity (Wildman–Crippen MR) is 86.6 cm³/mol. The van der Waals surface area contributed by atoms with Crippen molar-refractivity contribution >= 4 is 11.8 Å². The summed E-state index contributed by atoms with van der Waals surface area (Å²) in [4.78, 5) is 30.8. The quantitative estimate of drug-likeness (QED) is 0.751. The van der Waals surface area contributed by atoms with E-state index in [0.29, 0.717) is 19.1 Å². The van der Waals surface area contributed by atoms with E-state index in [2.05, 4.69) is 36.0 Å². The number of rotatable bonds is 4. The van der Waals surface area contributed by atoms with Crippen LogP contribution in [0.5, 0.6) is 0 Å². The highest BCUT2D eigenvalue weighted by Crippen LogP contribution is 2.16. The largest absolute Gasteiger partial charge is 0.345 e. The van der Waals surface area contributed by atoms with Crippen molar-refractivity contribution in [3.63, 3.8) is 0 Å². The van der Waals surface area contributed by atoms with Crippen LogP contribution in [0.4, 0.5) is 0 Å². The van der Waals surface area contributed by atoms with Gasteiger partial charge in [0, 0.05) is 25.2 Å². The first-order valence-corrected chi connectivity index (χ1v) is 8.57. The third kappa shape index (κ3) is 4.20. The van der Waals surface area contributed by atoms with Crippen molar-refractivity contribution in [2.75, 3.05) is 46.3 Å². The van der Waals surface area contributed by atoms with Crippen molar-refractivity contribution in [3.8, 4) is 0 Å². The molecular formula is C16H30N4O2. The van der Waals surface area contributed by atoms with Gasteiger partial charge in [-0.2, -0.15) is 0 Å². The molecule has 1 N–H and O–H groups in total. The summed E-state index contributed by atoms with van der Waals surface area (Å²) in [6, 6.07) is 0.545. The Kier molecular flexibility index (Phi) is 6.20. The van der Waals surface area contributed by atoms with E-state index >= 15 is 0 Å². The number of nitrogens with zero attached hydrogens (tertiary/aromatic N) is 3. The molecule has 22 heavy (non-hydrogen) atoms. The molecule has 6 heteroatoms. The van der Waals surface area contributed by atoms with Crippen LogP contribution in [-0.2, 0) is 9.59 Å². The van der Waals surface area contributed by atoms with Crippen LogP contribution in [-0.4, -0.2) is 84.9 Å². The summed E-state index contributed by atoms with van der Waals surface area (Å²) in [5.74, 6) is -0.775. The molecule has 2 saturated heterocycles. The standard InChI is InChI=1S/C16H30N4O2/c1-4-19(5-2)14-8-11-20(12-14)16(22)15(21)17-13-6-9-18(3)10-7-13/h13-14H,4-12H2,1-3H3,(H,17,21). The maximum Gasteiger partial charge on any atom is 0.311 e. The highest BCUT2D eigenvalue weighted by molar-refractivity contribution is 6.35. The van der Waals surface area contributed by atoms with E-state index in [1.54, 1.807) is 4.90 Å². The Balaban J connectivity index is 1.80. The zero-order valence-electron chi connectivity index (χ0n) is 14.2. The van der Waals surface area contributed by atoms with Crippen LogP contribution in [0.25, 0.3) is 0 Å². The number of carbonyl (C=O) groups is 2. The Hall–Kier alpha value is -1.14. The van der Waals surface area contributed by atoms with Crippen LogP contribution in [0.1, 0.15) is 33.1 Å². The second-order valence-corrected chi connectivity index (χ2v) is 6.47. The topological polar surface area (TPSA) is 55.9 Å². The van der Waals surface area contributed by atoms with Crippen LogP contribution in [0, 0.1) is 0 Å². The van der Waals surface area contributed by atoms with E-state index in [-0.39, 0.29) is 11.9 Å². The normalized spacial score (nSPS) is 24.0. The lowest BCUT2D eigenvalue weighted by atomic mass is 10.1. The summed E-state index contributed by atoms with van der Waals surface area (Å²) in [7, 11) is 2.08. The molecule has 1 atom stereocenters. The number of amides is 2. The van der Waals surface area contributed by atoms with Gasteiger partial charge in [-0.05, 0) is 52.5 Å². The Labute approximate surface area is 133 Å². The summed E-state index contributed by atoms with van der Waals surface area (Å²) in [5, 5.41) is 2.92. The van der Waals surface area contributed by atoms with Crippen LogP contribution in [0.3, 0.4) is 0 Å². The number of nitrogens with one attached hydrogen (secondary N) is 1. The number of carbonyl (C=O) groups excluding carboxylic acids is 2. The minimum absolute atomic E-state index is 0.147. The zero-order chi connectivity index (χ0) is 16.1. The third-order valence-corrected chi connectivity index (χ3v) is 5.03. The van der Waals surface area contributed by atoms with Crippen molar-refractivity contribution in [2.24, 2.45) is 0 Å². The summed E-state index contributed by atoms with van der Waals surface area (Å²) in [6.45, 7) is 9.60. The van der Waals surface area contributed by atoms with Crippen LogP contribution >= 0.6 is 0 Å². The zero-order valence-corrected chi connectivity index (χ0v) is 14.2. The van der Waals surface area contributed by atoms with E-state index in [1.807, 2.05) is 0 Å². The lowest BCUT2D eigenvalue weighted by Gasteiger charge is -2.30. The van der Waals surface area contributed by atoms with Crippen LogP contribution in [0.2, 0.25) is 0 Å². The fourth-order valence-corrected chi connectivity index (χ4v) is 3.51. The van der Waals surface area contributed by atoms with Gasteiger partial charge in [-0.1, -0.05) is 13.8 Å². The molecule has 126 valence electrons. The Morgan fingerprint density at radius 1 is 1.09 bits per heavy atom. The van der Waals surface area contributed by atoms with E-state index < -0.39 is 5.91 Å². The molecule has 2 heterocycles. The average molecular weight is 310 g/mol.